The van der Waals surface area contributed by atoms with Crippen LogP contribution in [0.5, 0.6) is 0 Å². The molecule has 0 radical (unpaired) electrons. The van der Waals surface area contributed by atoms with Crippen LogP contribution >= 0.6 is 15.9 Å². The molecule has 1 aliphatic heterocycles. The first-order chi connectivity index (χ1) is 8.70. The number of benzene rings is 1. The molecule has 1 aromatic carbocycles. The molecule has 1 fully saturated rings. The first kappa shape index (κ1) is 13.6. The van der Waals surface area contributed by atoms with Crippen molar-refractivity contribution in [1.82, 2.24) is 10.6 Å². The molecule has 4 heteroatoms. The highest BCUT2D eigenvalue weighted by Gasteiger charge is 2.24. The van der Waals surface area contributed by atoms with E-state index in [-0.39, 0.29) is 17.9 Å². The number of nitrogens with one attached hydrogen (secondary N) is 2. The minimum atomic E-state index is 0.117. The van der Waals surface area contributed by atoms with Gasteiger partial charge in [-0.2, -0.15) is 0 Å². The van der Waals surface area contributed by atoms with Gasteiger partial charge in [0, 0.05) is 11.0 Å². The van der Waals surface area contributed by atoms with Gasteiger partial charge < -0.3 is 10.6 Å². The van der Waals surface area contributed by atoms with E-state index in [1.54, 1.807) is 0 Å². The summed E-state index contributed by atoms with van der Waals surface area (Å²) < 4.78 is 1.06. The van der Waals surface area contributed by atoms with Gasteiger partial charge in [0.05, 0.1) is 12.0 Å². The molecule has 0 spiro atoms. The Balaban J connectivity index is 2.00. The highest BCUT2D eigenvalue weighted by molar-refractivity contribution is 9.10. The number of carbonyl (C=O) groups excluding carboxylic acids is 1. The maximum atomic E-state index is 12.1. The number of rotatable bonds is 4. The number of hydrogen-bond acceptors (Lipinski definition) is 2. The van der Waals surface area contributed by atoms with E-state index in [0.29, 0.717) is 0 Å². The van der Waals surface area contributed by atoms with Gasteiger partial charge in [-0.3, -0.25) is 4.79 Å². The summed E-state index contributed by atoms with van der Waals surface area (Å²) in [6.07, 6.45) is 1.86. The quantitative estimate of drug-likeness (QED) is 0.897. The van der Waals surface area contributed by atoms with Gasteiger partial charge in [-0.1, -0.05) is 35.0 Å². The van der Waals surface area contributed by atoms with Crippen LogP contribution in [-0.4, -0.2) is 19.0 Å². The van der Waals surface area contributed by atoms with Gasteiger partial charge >= 0.3 is 0 Å². The van der Waals surface area contributed by atoms with Crippen LogP contribution in [0.4, 0.5) is 0 Å². The van der Waals surface area contributed by atoms with Gasteiger partial charge in [0.15, 0.2) is 0 Å². The van der Waals surface area contributed by atoms with Crippen molar-refractivity contribution >= 4 is 21.8 Å². The van der Waals surface area contributed by atoms with Crippen LogP contribution in [0.15, 0.2) is 28.7 Å². The minimum absolute atomic E-state index is 0.117. The molecule has 0 aromatic heterocycles. The SMILES string of the molecule is CCC(NC(=O)C1CCNC1)c1ccc(Br)cc1. The van der Waals surface area contributed by atoms with E-state index in [1.807, 2.05) is 12.1 Å². The van der Waals surface area contributed by atoms with E-state index in [4.69, 9.17) is 0 Å². The Morgan fingerprint density at radius 3 is 2.78 bits per heavy atom. The van der Waals surface area contributed by atoms with Crippen molar-refractivity contribution in [2.75, 3.05) is 13.1 Å². The van der Waals surface area contributed by atoms with Gasteiger partial charge in [0.1, 0.15) is 0 Å². The fourth-order valence-corrected chi connectivity index (χ4v) is 2.55. The summed E-state index contributed by atoms with van der Waals surface area (Å²) in [5, 5.41) is 6.37. The Kier molecular flexibility index (Phi) is 4.78. The van der Waals surface area contributed by atoms with E-state index in [2.05, 4.69) is 45.6 Å². The molecule has 2 rings (SSSR count). The molecule has 18 heavy (non-hydrogen) atoms. The molecule has 1 aromatic rings. The summed E-state index contributed by atoms with van der Waals surface area (Å²) in [5.74, 6) is 0.310. The fourth-order valence-electron chi connectivity index (χ4n) is 2.28. The minimum Gasteiger partial charge on any atom is -0.349 e. The summed E-state index contributed by atoms with van der Waals surface area (Å²) in [7, 11) is 0. The van der Waals surface area contributed by atoms with Crippen LogP contribution < -0.4 is 10.6 Å². The lowest BCUT2D eigenvalue weighted by Crippen LogP contribution is -2.34. The topological polar surface area (TPSA) is 41.1 Å². The van der Waals surface area contributed by atoms with Crippen LogP contribution in [0.25, 0.3) is 0 Å². The van der Waals surface area contributed by atoms with Crippen molar-refractivity contribution in [2.45, 2.75) is 25.8 Å². The van der Waals surface area contributed by atoms with Crippen LogP contribution in [0.3, 0.4) is 0 Å². The molecule has 1 amide bonds. The Bertz CT molecular complexity index is 399. The molecule has 0 saturated carbocycles. The Hall–Kier alpha value is -0.870. The second-order valence-electron chi connectivity index (χ2n) is 4.71. The average Bonchev–Trinajstić information content (AvgIpc) is 2.91. The van der Waals surface area contributed by atoms with Crippen molar-refractivity contribution in [3.63, 3.8) is 0 Å². The third kappa shape index (κ3) is 3.33. The number of halogens is 1. The lowest BCUT2D eigenvalue weighted by molar-refractivity contribution is -0.125. The normalized spacial score (nSPS) is 20.7. The molecule has 2 atom stereocenters. The highest BCUT2D eigenvalue weighted by Crippen LogP contribution is 2.20. The molecule has 0 bridgehead atoms. The van der Waals surface area contributed by atoms with Crippen LogP contribution in [-0.2, 0) is 4.79 Å². The molecular weight excluding hydrogens is 292 g/mol. The van der Waals surface area contributed by atoms with Crippen molar-refractivity contribution in [1.29, 1.82) is 0 Å². The maximum Gasteiger partial charge on any atom is 0.224 e. The van der Waals surface area contributed by atoms with Gasteiger partial charge in [0.25, 0.3) is 0 Å². The van der Waals surface area contributed by atoms with Crippen molar-refractivity contribution in [3.05, 3.63) is 34.3 Å². The molecule has 3 nitrogen and oxygen atoms in total. The van der Waals surface area contributed by atoms with Crippen molar-refractivity contribution < 1.29 is 4.79 Å². The summed E-state index contributed by atoms with van der Waals surface area (Å²) in [6.45, 7) is 3.86. The number of carbonyl (C=O) groups is 1. The third-order valence-corrected chi connectivity index (χ3v) is 3.96. The lowest BCUT2D eigenvalue weighted by Gasteiger charge is -2.19. The molecule has 1 heterocycles. The predicted octanol–water partition coefficient (Wildman–Crippen LogP) is 2.63. The smallest absolute Gasteiger partial charge is 0.224 e. The predicted molar refractivity (Wildman–Crippen MR) is 76.3 cm³/mol. The molecule has 1 aliphatic rings. The van der Waals surface area contributed by atoms with Crippen molar-refractivity contribution in [3.8, 4) is 0 Å². The summed E-state index contributed by atoms with van der Waals surface area (Å²) in [5.41, 5.74) is 1.17. The first-order valence-electron chi connectivity index (χ1n) is 6.47. The number of amides is 1. The van der Waals surface area contributed by atoms with E-state index in [0.717, 1.165) is 30.4 Å². The Labute approximate surface area is 116 Å². The number of hydrogen-bond donors (Lipinski definition) is 2. The molecular formula is C14H19BrN2O. The van der Waals surface area contributed by atoms with Crippen LogP contribution in [0.1, 0.15) is 31.4 Å². The zero-order chi connectivity index (χ0) is 13.0. The Morgan fingerprint density at radius 2 is 2.22 bits per heavy atom. The second kappa shape index (κ2) is 6.34. The molecule has 98 valence electrons. The van der Waals surface area contributed by atoms with Gasteiger partial charge in [0.2, 0.25) is 5.91 Å². The van der Waals surface area contributed by atoms with E-state index in [1.165, 1.54) is 5.56 Å². The lowest BCUT2D eigenvalue weighted by atomic mass is 10.0. The largest absolute Gasteiger partial charge is 0.349 e. The zero-order valence-electron chi connectivity index (χ0n) is 10.6. The van der Waals surface area contributed by atoms with Gasteiger partial charge in [-0.15, -0.1) is 0 Å². The first-order valence-corrected chi connectivity index (χ1v) is 7.26. The summed E-state index contributed by atoms with van der Waals surface area (Å²) in [6, 6.07) is 8.27. The fraction of sp³-hybridized carbons (Fsp3) is 0.500. The Morgan fingerprint density at radius 1 is 1.50 bits per heavy atom. The van der Waals surface area contributed by atoms with Gasteiger partial charge in [-0.05, 0) is 37.1 Å². The second-order valence-corrected chi connectivity index (χ2v) is 5.63. The summed E-state index contributed by atoms with van der Waals surface area (Å²) >= 11 is 3.43. The molecule has 2 N–H and O–H groups in total. The third-order valence-electron chi connectivity index (χ3n) is 3.43. The van der Waals surface area contributed by atoms with E-state index >= 15 is 0 Å². The standard InChI is InChI=1S/C14H19BrN2O/c1-2-13(10-3-5-12(15)6-4-10)17-14(18)11-7-8-16-9-11/h3-6,11,13,16H,2,7-9H2,1H3,(H,17,18). The molecule has 1 saturated heterocycles. The molecule has 2 unspecified atom stereocenters. The zero-order valence-corrected chi connectivity index (χ0v) is 12.2. The van der Waals surface area contributed by atoms with Crippen molar-refractivity contribution in [2.24, 2.45) is 5.92 Å². The van der Waals surface area contributed by atoms with Gasteiger partial charge in [-0.25, -0.2) is 0 Å². The summed E-state index contributed by atoms with van der Waals surface area (Å²) in [4.78, 5) is 12.1. The van der Waals surface area contributed by atoms with E-state index in [9.17, 15) is 4.79 Å². The highest BCUT2D eigenvalue weighted by atomic mass is 79.9. The van der Waals surface area contributed by atoms with E-state index < -0.39 is 0 Å². The molecule has 0 aliphatic carbocycles. The van der Waals surface area contributed by atoms with Crippen LogP contribution in [0, 0.1) is 5.92 Å². The van der Waals surface area contributed by atoms with Crippen LogP contribution in [0.2, 0.25) is 0 Å². The average molecular weight is 311 g/mol. The monoisotopic (exact) mass is 310 g/mol. The maximum absolute atomic E-state index is 12.1.